The van der Waals surface area contributed by atoms with Gasteiger partial charge in [0.1, 0.15) is 18.8 Å². The van der Waals surface area contributed by atoms with Crippen molar-refractivity contribution in [3.05, 3.63) is 24.3 Å². The third-order valence-corrected chi connectivity index (χ3v) is 13.0. The van der Waals surface area contributed by atoms with E-state index >= 15 is 0 Å². The van der Waals surface area contributed by atoms with Crippen LogP contribution in [0, 0.1) is 0 Å². The van der Waals surface area contributed by atoms with Crippen LogP contribution in [0.5, 0.6) is 0 Å². The maximum atomic E-state index is 13.1. The molecule has 0 aromatic carbocycles. The van der Waals surface area contributed by atoms with Crippen molar-refractivity contribution >= 4 is 23.9 Å². The fraction of sp³-hybridized carbons (Fsp3) is 0.860. The summed E-state index contributed by atoms with van der Waals surface area (Å²) in [6, 6.07) is 0. The summed E-state index contributed by atoms with van der Waals surface area (Å²) in [6.45, 7) is 5.93. The molecule has 1 heterocycles. The van der Waals surface area contributed by atoms with Gasteiger partial charge in [-0.25, -0.2) is 4.79 Å². The summed E-state index contributed by atoms with van der Waals surface area (Å²) in [6.07, 6.45) is 38.7. The highest BCUT2D eigenvalue weighted by atomic mass is 16.7. The normalized spacial score (nSPS) is 18.8. The van der Waals surface area contributed by atoms with Crippen LogP contribution in [0.4, 0.5) is 0 Å². The summed E-state index contributed by atoms with van der Waals surface area (Å²) in [4.78, 5) is 50.9. The van der Waals surface area contributed by atoms with E-state index in [1.54, 1.807) is 0 Å². The molecule has 12 heteroatoms. The van der Waals surface area contributed by atoms with Crippen LogP contribution in [0.2, 0.25) is 0 Å². The van der Waals surface area contributed by atoms with Gasteiger partial charge < -0.3 is 39.0 Å². The predicted molar refractivity (Wildman–Crippen MR) is 276 cm³/mol. The molecule has 0 aromatic heterocycles. The van der Waals surface area contributed by atoms with Crippen LogP contribution in [0.3, 0.4) is 0 Å². The van der Waals surface area contributed by atoms with Crippen molar-refractivity contribution in [3.8, 4) is 0 Å². The summed E-state index contributed by atoms with van der Waals surface area (Å²) in [5.41, 5.74) is 0. The van der Waals surface area contributed by atoms with Crippen molar-refractivity contribution in [2.45, 2.75) is 302 Å². The number of rotatable bonds is 48. The monoisotopic (exact) mass is 979 g/mol. The summed E-state index contributed by atoms with van der Waals surface area (Å²) < 4.78 is 28.3. The summed E-state index contributed by atoms with van der Waals surface area (Å²) in [7, 11) is 0. The fourth-order valence-electron chi connectivity index (χ4n) is 8.58. The van der Waals surface area contributed by atoms with E-state index in [1.807, 2.05) is 0 Å². The highest BCUT2D eigenvalue weighted by Crippen LogP contribution is 2.26. The van der Waals surface area contributed by atoms with Crippen LogP contribution in [0.25, 0.3) is 0 Å². The maximum absolute atomic E-state index is 13.1. The summed E-state index contributed by atoms with van der Waals surface area (Å²) >= 11 is 0. The molecule has 12 nitrogen and oxygen atoms in total. The molecule has 1 rings (SSSR count). The van der Waals surface area contributed by atoms with Gasteiger partial charge in [0.2, 0.25) is 0 Å². The molecule has 0 radical (unpaired) electrons. The summed E-state index contributed by atoms with van der Waals surface area (Å²) in [5, 5.41) is 31.4. The molecule has 3 N–H and O–H groups in total. The first-order valence-corrected chi connectivity index (χ1v) is 28.3. The Labute approximate surface area is 419 Å². The number of carboxylic acid groups (broad SMARTS) is 1. The van der Waals surface area contributed by atoms with E-state index in [2.05, 4.69) is 45.1 Å². The van der Waals surface area contributed by atoms with Crippen LogP contribution in [0.15, 0.2) is 24.3 Å². The van der Waals surface area contributed by atoms with Gasteiger partial charge in [0.05, 0.1) is 6.61 Å². The molecule has 1 fully saturated rings. The van der Waals surface area contributed by atoms with Crippen molar-refractivity contribution in [2.75, 3.05) is 13.2 Å². The average Bonchev–Trinajstić information content (AvgIpc) is 3.33. The van der Waals surface area contributed by atoms with Crippen molar-refractivity contribution in [2.24, 2.45) is 0 Å². The van der Waals surface area contributed by atoms with Gasteiger partial charge in [-0.05, 0) is 64.2 Å². The zero-order chi connectivity index (χ0) is 50.4. The van der Waals surface area contributed by atoms with Crippen LogP contribution >= 0.6 is 0 Å². The van der Waals surface area contributed by atoms with Gasteiger partial charge in [-0.1, -0.05) is 206 Å². The minimum absolute atomic E-state index is 0.0650. The van der Waals surface area contributed by atoms with Crippen molar-refractivity contribution in [1.82, 2.24) is 0 Å². The lowest BCUT2D eigenvalue weighted by Gasteiger charge is -2.40. The Morgan fingerprint density at radius 1 is 0.464 bits per heavy atom. The third-order valence-electron chi connectivity index (χ3n) is 13.0. The molecular formula is C57H102O12. The van der Waals surface area contributed by atoms with Crippen LogP contribution in [0.1, 0.15) is 265 Å². The van der Waals surface area contributed by atoms with E-state index in [9.17, 15) is 34.5 Å². The first-order chi connectivity index (χ1) is 33.6. The van der Waals surface area contributed by atoms with E-state index in [0.29, 0.717) is 19.3 Å². The molecule has 0 aromatic rings. The Morgan fingerprint density at radius 3 is 1.29 bits per heavy atom. The van der Waals surface area contributed by atoms with Crippen LogP contribution in [-0.2, 0) is 42.9 Å². The lowest BCUT2D eigenvalue weighted by atomic mass is 9.98. The number of carbonyl (C=O) groups excluding carboxylic acids is 3. The van der Waals surface area contributed by atoms with Gasteiger partial charge in [-0.3, -0.25) is 14.4 Å². The summed E-state index contributed by atoms with van der Waals surface area (Å²) in [5.74, 6) is -3.12. The number of esters is 3. The molecule has 1 aliphatic rings. The molecule has 6 unspecified atom stereocenters. The zero-order valence-electron chi connectivity index (χ0n) is 44.1. The fourth-order valence-corrected chi connectivity index (χ4v) is 8.58. The second-order valence-corrected chi connectivity index (χ2v) is 19.6. The van der Waals surface area contributed by atoms with E-state index in [1.165, 1.54) is 109 Å². The van der Waals surface area contributed by atoms with Crippen molar-refractivity contribution in [1.29, 1.82) is 0 Å². The van der Waals surface area contributed by atoms with E-state index in [0.717, 1.165) is 96.3 Å². The second-order valence-electron chi connectivity index (χ2n) is 19.6. The molecule has 0 bridgehead atoms. The number of ether oxygens (including phenoxy) is 5. The standard InChI is InChI=1S/C57H102O12/c1-4-7-10-13-16-19-22-24-25-27-30-33-36-39-42-45-51(60)68-55-53(62)52(61)54(56(63)64)69-57(55)66-47-48(67-50(59)44-41-38-35-32-28-21-18-15-12-9-6-3)46-65-49(58)43-40-37-34-31-29-26-23-20-17-14-11-8-5-2/h15,18,20,23,48,52-55,57,61-62H,4-14,16-17,19,21-22,24-47H2,1-3H3,(H,63,64)/b18-15-,23-20-. The Hall–Kier alpha value is -2.80. The van der Waals surface area contributed by atoms with E-state index in [-0.39, 0.29) is 25.9 Å². The number of aliphatic hydroxyl groups is 2. The first-order valence-electron chi connectivity index (χ1n) is 28.3. The molecular weight excluding hydrogens is 877 g/mol. The van der Waals surface area contributed by atoms with Crippen LogP contribution < -0.4 is 0 Å². The maximum Gasteiger partial charge on any atom is 0.335 e. The topological polar surface area (TPSA) is 175 Å². The van der Waals surface area contributed by atoms with Gasteiger partial charge in [-0.2, -0.15) is 0 Å². The molecule has 1 aliphatic heterocycles. The van der Waals surface area contributed by atoms with Gasteiger partial charge >= 0.3 is 23.9 Å². The number of hydrogen-bond donors (Lipinski definition) is 3. The minimum atomic E-state index is -1.90. The highest BCUT2D eigenvalue weighted by Gasteiger charge is 2.50. The molecule has 0 spiro atoms. The lowest BCUT2D eigenvalue weighted by molar-refractivity contribution is -0.301. The molecule has 69 heavy (non-hydrogen) atoms. The van der Waals surface area contributed by atoms with E-state index < -0.39 is 67.3 Å². The van der Waals surface area contributed by atoms with Gasteiger partial charge in [0.25, 0.3) is 0 Å². The smallest absolute Gasteiger partial charge is 0.335 e. The lowest BCUT2D eigenvalue weighted by Crippen LogP contribution is -2.61. The second kappa shape index (κ2) is 46.3. The Bertz CT molecular complexity index is 1300. The molecule has 0 aliphatic carbocycles. The van der Waals surface area contributed by atoms with Gasteiger partial charge in [0.15, 0.2) is 24.6 Å². The molecule has 1 saturated heterocycles. The molecule has 0 saturated carbocycles. The molecule has 6 atom stereocenters. The SMILES string of the molecule is CCCC/C=C\CCCCCCCC(=O)OC(COC(=O)CCCCCCC/C=C\CCCCCC)COC1OC(C(=O)O)C(O)C(O)C1OC(=O)CCCCCCCCCCCCCCCCC. The zero-order valence-corrected chi connectivity index (χ0v) is 44.1. The number of aliphatic hydroxyl groups excluding tert-OH is 2. The Morgan fingerprint density at radius 2 is 0.841 bits per heavy atom. The Balaban J connectivity index is 2.69. The number of allylic oxidation sites excluding steroid dienone is 4. The quantitative estimate of drug-likeness (QED) is 0.0228. The number of carboxylic acids is 1. The van der Waals surface area contributed by atoms with Crippen molar-refractivity contribution < 1.29 is 58.2 Å². The number of unbranched alkanes of at least 4 members (excludes halogenated alkanes) is 30. The van der Waals surface area contributed by atoms with Gasteiger partial charge in [-0.15, -0.1) is 0 Å². The third kappa shape index (κ3) is 36.7. The predicted octanol–water partition coefficient (Wildman–Crippen LogP) is 13.9. The minimum Gasteiger partial charge on any atom is -0.479 e. The highest BCUT2D eigenvalue weighted by molar-refractivity contribution is 5.74. The van der Waals surface area contributed by atoms with Gasteiger partial charge in [0, 0.05) is 19.3 Å². The Kier molecular flexibility index (Phi) is 43.1. The number of aliphatic carboxylic acids is 1. The number of carbonyl (C=O) groups is 4. The molecule has 0 amide bonds. The first kappa shape index (κ1) is 64.2. The number of hydrogen-bond acceptors (Lipinski definition) is 11. The molecule has 402 valence electrons. The van der Waals surface area contributed by atoms with Crippen molar-refractivity contribution in [3.63, 3.8) is 0 Å². The van der Waals surface area contributed by atoms with E-state index in [4.69, 9.17) is 23.7 Å². The largest absolute Gasteiger partial charge is 0.479 e. The average molecular weight is 979 g/mol. The van der Waals surface area contributed by atoms with Crippen LogP contribution in [-0.4, -0.2) is 89.2 Å².